The average molecular weight is 521 g/mol. The smallest absolute Gasteiger partial charge is 0.224 e. The Balaban J connectivity index is 1.51. The molecule has 0 saturated carbocycles. The summed E-state index contributed by atoms with van der Waals surface area (Å²) in [5.41, 5.74) is 7.18. The Labute approximate surface area is 225 Å². The molecule has 196 valence electrons. The third-order valence-corrected chi connectivity index (χ3v) is 6.55. The summed E-state index contributed by atoms with van der Waals surface area (Å²) in [5.74, 6) is 0.275. The maximum atomic E-state index is 13.5. The van der Waals surface area contributed by atoms with E-state index in [4.69, 9.17) is 4.98 Å². The molecule has 0 aliphatic heterocycles. The van der Waals surface area contributed by atoms with Gasteiger partial charge in [0.15, 0.2) is 5.82 Å². The van der Waals surface area contributed by atoms with Gasteiger partial charge in [-0.1, -0.05) is 44.2 Å². The van der Waals surface area contributed by atoms with E-state index in [0.717, 1.165) is 57.0 Å². The number of rotatable bonds is 9. The second-order valence-corrected chi connectivity index (χ2v) is 9.21. The van der Waals surface area contributed by atoms with Crippen LogP contribution >= 0.6 is 0 Å². The number of aromatic amines is 2. The van der Waals surface area contributed by atoms with Gasteiger partial charge in [-0.2, -0.15) is 5.10 Å². The molecule has 7 nitrogen and oxygen atoms in total. The molecule has 0 saturated heterocycles. The topological polar surface area (TPSA) is 99.3 Å². The Morgan fingerprint density at radius 2 is 1.95 bits per heavy atom. The Morgan fingerprint density at radius 3 is 2.69 bits per heavy atom. The zero-order valence-corrected chi connectivity index (χ0v) is 21.9. The molecule has 0 unspecified atom stereocenters. The lowest BCUT2D eigenvalue weighted by atomic mass is 10.0. The number of nitrogens with zero attached hydrogens (tertiary/aromatic N) is 3. The molecular formula is C31H29FN6O. The van der Waals surface area contributed by atoms with Crippen molar-refractivity contribution in [2.75, 3.05) is 0 Å². The molecule has 3 N–H and O–H groups in total. The van der Waals surface area contributed by atoms with Crippen molar-refractivity contribution in [3.05, 3.63) is 96.7 Å². The Kier molecular flexibility index (Phi) is 7.45. The highest BCUT2D eigenvalue weighted by molar-refractivity contribution is 5.98. The summed E-state index contributed by atoms with van der Waals surface area (Å²) in [4.78, 5) is 24.8. The Bertz CT molecular complexity index is 1730. The fourth-order valence-corrected chi connectivity index (χ4v) is 4.47. The minimum absolute atomic E-state index is 0.0228. The number of imidazole rings is 1. The van der Waals surface area contributed by atoms with Crippen molar-refractivity contribution in [2.24, 2.45) is 0 Å². The van der Waals surface area contributed by atoms with E-state index in [1.165, 1.54) is 12.1 Å². The summed E-state index contributed by atoms with van der Waals surface area (Å²) in [6.07, 6.45) is 11.3. The van der Waals surface area contributed by atoms with Gasteiger partial charge in [0, 0.05) is 29.3 Å². The predicted molar refractivity (Wildman–Crippen MR) is 154 cm³/mol. The van der Waals surface area contributed by atoms with Crippen LogP contribution in [0.3, 0.4) is 0 Å². The number of amides is 1. The minimum Gasteiger partial charge on any atom is -0.335 e. The second kappa shape index (κ2) is 11.3. The number of carbonyl (C=O) groups excluding carboxylic acids is 1. The van der Waals surface area contributed by atoms with Crippen LogP contribution < -0.4 is 5.32 Å². The van der Waals surface area contributed by atoms with Crippen molar-refractivity contribution >= 4 is 33.4 Å². The molecular weight excluding hydrogens is 491 g/mol. The van der Waals surface area contributed by atoms with E-state index in [9.17, 15) is 9.18 Å². The SMILES string of the molecule is C=C/C(=C\C(=C/C)c1ccc2[nH]nc(-c3nc4c(-c5ccc(F)cc5)cncc4[nH]3)c2c1)NC(=O)CCCC. The first kappa shape index (κ1) is 25.8. The quantitative estimate of drug-likeness (QED) is 0.181. The molecule has 2 aromatic carbocycles. The number of nitrogens with one attached hydrogen (secondary N) is 3. The molecule has 5 rings (SSSR count). The normalized spacial score (nSPS) is 12.3. The molecule has 3 heterocycles. The predicted octanol–water partition coefficient (Wildman–Crippen LogP) is 7.09. The van der Waals surface area contributed by atoms with Crippen LogP contribution in [0.1, 0.15) is 38.7 Å². The van der Waals surface area contributed by atoms with Gasteiger partial charge >= 0.3 is 0 Å². The van der Waals surface area contributed by atoms with Gasteiger partial charge in [0.05, 0.1) is 22.7 Å². The summed E-state index contributed by atoms with van der Waals surface area (Å²) in [6.45, 7) is 7.88. The van der Waals surface area contributed by atoms with Gasteiger partial charge in [-0.15, -0.1) is 0 Å². The number of benzene rings is 2. The molecule has 0 spiro atoms. The van der Waals surface area contributed by atoms with Crippen molar-refractivity contribution in [1.82, 2.24) is 30.5 Å². The van der Waals surface area contributed by atoms with Crippen LogP contribution in [0.4, 0.5) is 4.39 Å². The third kappa shape index (κ3) is 5.40. The molecule has 0 radical (unpaired) electrons. The van der Waals surface area contributed by atoms with Crippen LogP contribution in [0.25, 0.3) is 50.2 Å². The van der Waals surface area contributed by atoms with Crippen LogP contribution in [0.5, 0.6) is 0 Å². The van der Waals surface area contributed by atoms with Crippen LogP contribution in [-0.2, 0) is 4.79 Å². The number of carbonyl (C=O) groups is 1. The molecule has 0 fully saturated rings. The van der Waals surface area contributed by atoms with Crippen LogP contribution in [-0.4, -0.2) is 31.1 Å². The number of unbranched alkanes of at least 4 members (excludes halogenated alkanes) is 1. The highest BCUT2D eigenvalue weighted by atomic mass is 19.1. The highest BCUT2D eigenvalue weighted by Gasteiger charge is 2.16. The first-order valence-corrected chi connectivity index (χ1v) is 12.9. The van der Waals surface area contributed by atoms with E-state index in [-0.39, 0.29) is 11.7 Å². The van der Waals surface area contributed by atoms with Crippen LogP contribution in [0.2, 0.25) is 0 Å². The Morgan fingerprint density at radius 1 is 1.13 bits per heavy atom. The fraction of sp³-hybridized carbons (Fsp3) is 0.161. The largest absolute Gasteiger partial charge is 0.335 e. The molecule has 1 amide bonds. The lowest BCUT2D eigenvalue weighted by molar-refractivity contribution is -0.120. The number of hydrogen-bond acceptors (Lipinski definition) is 4. The number of hydrogen-bond donors (Lipinski definition) is 3. The molecule has 0 aliphatic rings. The van der Waals surface area contributed by atoms with Crippen molar-refractivity contribution in [3.8, 4) is 22.6 Å². The molecule has 8 heteroatoms. The van der Waals surface area contributed by atoms with Gasteiger partial charge in [0.25, 0.3) is 0 Å². The number of aromatic nitrogens is 5. The number of allylic oxidation sites excluding steroid dienone is 4. The standard InChI is InChI=1S/C31H29FN6O/c1-4-7-8-28(39)34-23(6-3)15-19(5-2)21-11-14-26-24(16-21)30(38-37-26)31-35-27-18-33-17-25(29(27)36-31)20-9-12-22(32)13-10-20/h5-6,9-18H,3-4,7-8H2,1-2H3,(H,34,39)(H,35,36)(H,37,38)/b19-5+,23-15+. The first-order chi connectivity index (χ1) is 19.0. The van der Waals surface area contributed by atoms with E-state index in [1.54, 1.807) is 30.6 Å². The van der Waals surface area contributed by atoms with Crippen LogP contribution in [0, 0.1) is 5.82 Å². The second-order valence-electron chi connectivity index (χ2n) is 9.21. The molecule has 0 bridgehead atoms. The maximum absolute atomic E-state index is 13.5. The van der Waals surface area contributed by atoms with Crippen LogP contribution in [0.15, 0.2) is 85.4 Å². The van der Waals surface area contributed by atoms with Gasteiger partial charge in [0.1, 0.15) is 11.5 Å². The molecule has 0 atom stereocenters. The van der Waals surface area contributed by atoms with Crippen molar-refractivity contribution in [2.45, 2.75) is 33.1 Å². The summed E-state index contributed by atoms with van der Waals surface area (Å²) < 4.78 is 13.5. The van der Waals surface area contributed by atoms with Gasteiger partial charge in [-0.3, -0.25) is 14.9 Å². The highest BCUT2D eigenvalue weighted by Crippen LogP contribution is 2.32. The van der Waals surface area contributed by atoms with Gasteiger partial charge in [-0.05, 0) is 66.5 Å². The molecule has 5 aromatic rings. The summed E-state index contributed by atoms with van der Waals surface area (Å²) in [6, 6.07) is 12.3. The van der Waals surface area contributed by atoms with E-state index >= 15 is 0 Å². The fourth-order valence-electron chi connectivity index (χ4n) is 4.47. The summed E-state index contributed by atoms with van der Waals surface area (Å²) in [7, 11) is 0. The molecule has 39 heavy (non-hydrogen) atoms. The van der Waals surface area contributed by atoms with Crippen molar-refractivity contribution in [1.29, 1.82) is 0 Å². The van der Waals surface area contributed by atoms with E-state index in [0.29, 0.717) is 23.6 Å². The third-order valence-electron chi connectivity index (χ3n) is 6.55. The number of halogens is 1. The summed E-state index contributed by atoms with van der Waals surface area (Å²) >= 11 is 0. The van der Waals surface area contributed by atoms with E-state index in [1.807, 2.05) is 37.3 Å². The number of pyridine rings is 1. The number of fused-ring (bicyclic) bond motifs is 2. The molecule has 0 aliphatic carbocycles. The lowest BCUT2D eigenvalue weighted by Gasteiger charge is -2.08. The lowest BCUT2D eigenvalue weighted by Crippen LogP contribution is -2.21. The first-order valence-electron chi connectivity index (χ1n) is 12.9. The Hall–Kier alpha value is -4.85. The monoisotopic (exact) mass is 520 g/mol. The van der Waals surface area contributed by atoms with E-state index in [2.05, 4.69) is 39.0 Å². The summed E-state index contributed by atoms with van der Waals surface area (Å²) in [5, 5.41) is 11.5. The van der Waals surface area contributed by atoms with Gasteiger partial charge in [0.2, 0.25) is 5.91 Å². The van der Waals surface area contributed by atoms with Crippen molar-refractivity contribution < 1.29 is 9.18 Å². The average Bonchev–Trinajstić information content (AvgIpc) is 3.58. The zero-order chi connectivity index (χ0) is 27.4. The van der Waals surface area contributed by atoms with Gasteiger partial charge in [-0.25, -0.2) is 9.37 Å². The maximum Gasteiger partial charge on any atom is 0.224 e. The van der Waals surface area contributed by atoms with Crippen molar-refractivity contribution in [3.63, 3.8) is 0 Å². The molecule has 3 aromatic heterocycles. The minimum atomic E-state index is -0.296. The zero-order valence-electron chi connectivity index (χ0n) is 21.9. The van der Waals surface area contributed by atoms with Gasteiger partial charge < -0.3 is 10.3 Å². The van der Waals surface area contributed by atoms with E-state index < -0.39 is 0 Å². The number of H-pyrrole nitrogens is 2.